The van der Waals surface area contributed by atoms with Crippen LogP contribution in [0.4, 0.5) is 0 Å². The summed E-state index contributed by atoms with van der Waals surface area (Å²) >= 11 is 0. The molecule has 0 spiro atoms. The number of aliphatic hydroxyl groups excluding tert-OH is 2. The van der Waals surface area contributed by atoms with Gasteiger partial charge in [-0.15, -0.1) is 0 Å². The number of ketones is 3. The molecule has 0 bridgehead atoms. The standard InChI is InChI=1S/C33H48O8/c1-17(29(5,6)41-18(2)34)13-24(37)33(10,40)26-22(36)15-30(7)23-12-11-19-20(14-21(35)27(39)28(19,3)4)32(23,9)25(38)16-31(26,30)8/h11,14,17,20,22-23,26,35-36,40H,12-13,15-16H2,1-10H3/t17?,20-,22-,23+,26?,30+,31-,32+,33?/m1/s1. The molecular formula is C33H48O8. The number of hydrogen-bond acceptors (Lipinski definition) is 8. The number of ether oxygens (including phenoxy) is 1. The molecule has 2 saturated carbocycles. The first-order valence-electron chi connectivity index (χ1n) is 14.8. The molecule has 9 atom stereocenters. The van der Waals surface area contributed by atoms with Crippen LogP contribution in [-0.2, 0) is 23.9 Å². The number of allylic oxidation sites excluding steroid dienone is 4. The summed E-state index contributed by atoms with van der Waals surface area (Å²) in [5, 5.41) is 34.1. The van der Waals surface area contributed by atoms with Gasteiger partial charge >= 0.3 is 5.97 Å². The second-order valence-corrected chi connectivity index (χ2v) is 15.3. The first-order valence-corrected chi connectivity index (χ1v) is 14.8. The van der Waals surface area contributed by atoms with Crippen molar-refractivity contribution in [3.8, 4) is 0 Å². The smallest absolute Gasteiger partial charge is 0.303 e. The number of Topliss-reactive ketones (excluding diaryl/α,β-unsaturated/α-hetero) is 3. The molecule has 3 unspecified atom stereocenters. The maximum Gasteiger partial charge on any atom is 0.303 e. The molecule has 0 amide bonds. The van der Waals surface area contributed by atoms with Crippen LogP contribution in [0.3, 0.4) is 0 Å². The minimum Gasteiger partial charge on any atom is -0.505 e. The van der Waals surface area contributed by atoms with E-state index < -0.39 is 68.5 Å². The summed E-state index contributed by atoms with van der Waals surface area (Å²) in [4.78, 5) is 52.5. The van der Waals surface area contributed by atoms with E-state index in [-0.39, 0.29) is 36.1 Å². The minimum absolute atomic E-state index is 0.0446. The van der Waals surface area contributed by atoms with Crippen LogP contribution in [0.5, 0.6) is 0 Å². The normalized spacial score (nSPS) is 40.3. The summed E-state index contributed by atoms with van der Waals surface area (Å²) in [5.41, 5.74) is -5.45. The minimum atomic E-state index is -1.94. The Hall–Kier alpha value is -2.32. The number of fused-ring (bicyclic) bond motifs is 5. The molecule has 4 rings (SSSR count). The third-order valence-electron chi connectivity index (χ3n) is 12.3. The highest BCUT2D eigenvalue weighted by molar-refractivity contribution is 6.02. The van der Waals surface area contributed by atoms with Crippen molar-refractivity contribution >= 4 is 23.3 Å². The molecule has 0 aromatic rings. The van der Waals surface area contributed by atoms with Crippen LogP contribution < -0.4 is 0 Å². The van der Waals surface area contributed by atoms with Crippen LogP contribution in [-0.4, -0.2) is 55.9 Å². The van der Waals surface area contributed by atoms with E-state index in [0.29, 0.717) is 12.8 Å². The topological polar surface area (TPSA) is 138 Å². The summed E-state index contributed by atoms with van der Waals surface area (Å²) in [6.07, 6.45) is 3.31. The molecule has 3 N–H and O–H groups in total. The van der Waals surface area contributed by atoms with Gasteiger partial charge in [0.05, 0.1) is 11.5 Å². The third kappa shape index (κ3) is 4.21. The highest BCUT2D eigenvalue weighted by Crippen LogP contribution is 2.73. The van der Waals surface area contributed by atoms with Crippen molar-refractivity contribution in [1.29, 1.82) is 0 Å². The Bertz CT molecular complexity index is 1250. The van der Waals surface area contributed by atoms with Gasteiger partial charge in [0.1, 0.15) is 17.0 Å². The van der Waals surface area contributed by atoms with Gasteiger partial charge in [0.2, 0.25) is 5.78 Å². The molecule has 0 aromatic carbocycles. The Morgan fingerprint density at radius 3 is 2.24 bits per heavy atom. The van der Waals surface area contributed by atoms with Crippen LogP contribution >= 0.6 is 0 Å². The molecule has 228 valence electrons. The summed E-state index contributed by atoms with van der Waals surface area (Å²) in [6, 6.07) is 0. The number of carbonyl (C=O) groups excluding carboxylic acids is 4. The van der Waals surface area contributed by atoms with Gasteiger partial charge in [-0.05, 0) is 70.3 Å². The fourth-order valence-electron chi connectivity index (χ4n) is 9.35. The van der Waals surface area contributed by atoms with Gasteiger partial charge in [-0.1, -0.05) is 39.3 Å². The Kier molecular flexibility index (Phi) is 7.20. The number of aliphatic hydroxyl groups is 3. The van der Waals surface area contributed by atoms with E-state index in [1.165, 1.54) is 19.9 Å². The van der Waals surface area contributed by atoms with E-state index in [9.17, 15) is 34.5 Å². The second-order valence-electron chi connectivity index (χ2n) is 15.3. The van der Waals surface area contributed by atoms with Gasteiger partial charge in [-0.25, -0.2) is 0 Å². The summed E-state index contributed by atoms with van der Waals surface area (Å²) in [7, 11) is 0. The van der Waals surface area contributed by atoms with Gasteiger partial charge in [0.15, 0.2) is 11.5 Å². The third-order valence-corrected chi connectivity index (χ3v) is 12.3. The van der Waals surface area contributed by atoms with Crippen LogP contribution in [0.15, 0.2) is 23.5 Å². The number of carbonyl (C=O) groups is 4. The van der Waals surface area contributed by atoms with E-state index in [4.69, 9.17) is 4.74 Å². The fraction of sp³-hybridized carbons (Fsp3) is 0.758. The fourth-order valence-corrected chi connectivity index (χ4v) is 9.35. The molecule has 4 aliphatic rings. The van der Waals surface area contributed by atoms with E-state index in [2.05, 4.69) is 6.92 Å². The zero-order valence-electron chi connectivity index (χ0n) is 26.3. The molecule has 2 fully saturated rings. The van der Waals surface area contributed by atoms with Crippen LogP contribution in [0, 0.1) is 45.3 Å². The largest absolute Gasteiger partial charge is 0.505 e. The average Bonchev–Trinajstić information content (AvgIpc) is 3.02. The Morgan fingerprint density at radius 1 is 1.10 bits per heavy atom. The van der Waals surface area contributed by atoms with Gasteiger partial charge in [-0.2, -0.15) is 0 Å². The Balaban J connectivity index is 1.73. The van der Waals surface area contributed by atoms with E-state index in [0.717, 1.165) is 5.57 Å². The van der Waals surface area contributed by atoms with Crippen molar-refractivity contribution in [3.05, 3.63) is 23.5 Å². The maximum atomic E-state index is 14.3. The molecule has 0 aromatic heterocycles. The summed E-state index contributed by atoms with van der Waals surface area (Å²) in [6.45, 7) is 17.4. The first kappa shape index (κ1) is 31.6. The molecule has 0 heterocycles. The quantitative estimate of drug-likeness (QED) is 0.309. The van der Waals surface area contributed by atoms with Crippen molar-refractivity contribution in [2.75, 3.05) is 0 Å². The van der Waals surface area contributed by atoms with Crippen LogP contribution in [0.25, 0.3) is 0 Å². The zero-order chi connectivity index (χ0) is 31.3. The lowest BCUT2D eigenvalue weighted by atomic mass is 9.39. The van der Waals surface area contributed by atoms with Gasteiger partial charge in [-0.3, -0.25) is 19.2 Å². The molecule has 4 aliphatic carbocycles. The Labute approximate surface area is 243 Å². The number of esters is 1. The lowest BCUT2D eigenvalue weighted by Gasteiger charge is -2.63. The number of rotatable bonds is 6. The van der Waals surface area contributed by atoms with Crippen LogP contribution in [0.2, 0.25) is 0 Å². The lowest BCUT2D eigenvalue weighted by molar-refractivity contribution is -0.182. The molecule has 0 saturated heterocycles. The van der Waals surface area contributed by atoms with Crippen molar-refractivity contribution in [3.63, 3.8) is 0 Å². The van der Waals surface area contributed by atoms with Crippen molar-refractivity contribution in [2.45, 2.75) is 112 Å². The highest BCUT2D eigenvalue weighted by atomic mass is 16.6. The summed E-state index contributed by atoms with van der Waals surface area (Å²) < 4.78 is 5.42. The maximum absolute atomic E-state index is 14.3. The van der Waals surface area contributed by atoms with Gasteiger partial charge < -0.3 is 20.1 Å². The SMILES string of the molecule is CC(=O)OC(C)(C)C(C)CC(=O)C(C)(O)C1[C@H](O)C[C@@]2(C)[C@@H]3CC=C4[C@@H](C=C(O)C(=O)C4(C)C)[C@]3(C)C(=O)C[C@]12C. The molecule has 0 aliphatic heterocycles. The monoisotopic (exact) mass is 572 g/mol. The number of hydrogen-bond donors (Lipinski definition) is 3. The zero-order valence-corrected chi connectivity index (χ0v) is 26.3. The average molecular weight is 573 g/mol. The molecule has 0 radical (unpaired) electrons. The highest BCUT2D eigenvalue weighted by Gasteiger charge is 2.74. The predicted molar refractivity (Wildman–Crippen MR) is 152 cm³/mol. The second kappa shape index (κ2) is 9.34. The van der Waals surface area contributed by atoms with E-state index >= 15 is 0 Å². The van der Waals surface area contributed by atoms with Crippen molar-refractivity contribution in [1.82, 2.24) is 0 Å². The van der Waals surface area contributed by atoms with Crippen molar-refractivity contribution < 1.29 is 39.2 Å². The van der Waals surface area contributed by atoms with E-state index in [1.54, 1.807) is 34.6 Å². The van der Waals surface area contributed by atoms with Crippen LogP contribution in [0.1, 0.15) is 94.9 Å². The van der Waals surface area contributed by atoms with Gasteiger partial charge in [0.25, 0.3) is 0 Å². The molecular weight excluding hydrogens is 524 g/mol. The molecule has 8 nitrogen and oxygen atoms in total. The van der Waals surface area contributed by atoms with Gasteiger partial charge in [0, 0.05) is 42.9 Å². The molecule has 8 heteroatoms. The van der Waals surface area contributed by atoms with Crippen molar-refractivity contribution in [2.24, 2.45) is 45.3 Å². The van der Waals surface area contributed by atoms with E-state index in [1.807, 2.05) is 19.9 Å². The lowest BCUT2D eigenvalue weighted by Crippen LogP contribution is -2.64. The summed E-state index contributed by atoms with van der Waals surface area (Å²) in [5.74, 6) is -3.70. The Morgan fingerprint density at radius 2 is 1.68 bits per heavy atom. The first-order chi connectivity index (χ1) is 18.5. The predicted octanol–water partition coefficient (Wildman–Crippen LogP) is 4.66. The molecule has 41 heavy (non-hydrogen) atoms.